The van der Waals surface area contributed by atoms with Crippen LogP contribution in [0.25, 0.3) is 0 Å². The summed E-state index contributed by atoms with van der Waals surface area (Å²) >= 11 is 0. The molecule has 1 aliphatic carbocycles. The molecule has 0 radical (unpaired) electrons. The zero-order chi connectivity index (χ0) is 17.8. The van der Waals surface area contributed by atoms with Crippen LogP contribution in [0.15, 0.2) is 52.2 Å². The SMILES string of the molecule is CCN=C(NC1CC1c1ccccc1)N1CCN(Cc2ccon2)CC1.I. The fraction of sp³-hybridized carbons (Fsp3) is 0.500. The molecule has 1 N–H and O–H groups in total. The average Bonchev–Trinajstić information content (AvgIpc) is 3.26. The van der Waals surface area contributed by atoms with E-state index in [2.05, 4.69) is 57.5 Å². The summed E-state index contributed by atoms with van der Waals surface area (Å²) in [6.45, 7) is 7.79. The number of aliphatic imine (C=N–C) groups is 1. The van der Waals surface area contributed by atoms with Gasteiger partial charge in [0.25, 0.3) is 0 Å². The third-order valence-corrected chi connectivity index (χ3v) is 5.19. The van der Waals surface area contributed by atoms with E-state index in [1.54, 1.807) is 6.26 Å². The highest BCUT2D eigenvalue weighted by Gasteiger charge is 2.39. The van der Waals surface area contributed by atoms with E-state index in [0.717, 1.165) is 50.9 Å². The molecule has 1 aromatic carbocycles. The summed E-state index contributed by atoms with van der Waals surface area (Å²) in [5, 5.41) is 7.71. The Morgan fingerprint density at radius 1 is 1.19 bits per heavy atom. The summed E-state index contributed by atoms with van der Waals surface area (Å²) in [5.74, 6) is 1.68. The van der Waals surface area contributed by atoms with Gasteiger partial charge in [-0.1, -0.05) is 35.5 Å². The predicted octanol–water partition coefficient (Wildman–Crippen LogP) is 2.93. The number of benzene rings is 1. The first-order valence-corrected chi connectivity index (χ1v) is 9.56. The highest BCUT2D eigenvalue weighted by atomic mass is 127. The third-order valence-electron chi connectivity index (χ3n) is 5.19. The van der Waals surface area contributed by atoms with Gasteiger partial charge in [0.2, 0.25) is 0 Å². The second-order valence-electron chi connectivity index (χ2n) is 7.06. The maximum absolute atomic E-state index is 4.93. The van der Waals surface area contributed by atoms with Gasteiger partial charge in [-0.25, -0.2) is 0 Å². The zero-order valence-electron chi connectivity index (χ0n) is 15.8. The van der Waals surface area contributed by atoms with E-state index >= 15 is 0 Å². The number of hydrogen-bond acceptors (Lipinski definition) is 4. The molecule has 2 unspecified atom stereocenters. The van der Waals surface area contributed by atoms with E-state index in [4.69, 9.17) is 9.52 Å². The van der Waals surface area contributed by atoms with Crippen LogP contribution < -0.4 is 5.32 Å². The van der Waals surface area contributed by atoms with Crippen molar-refractivity contribution in [2.45, 2.75) is 31.8 Å². The summed E-state index contributed by atoms with van der Waals surface area (Å²) in [5.41, 5.74) is 2.43. The molecule has 146 valence electrons. The lowest BCUT2D eigenvalue weighted by Crippen LogP contribution is -2.52. The molecule has 2 aliphatic rings. The summed E-state index contributed by atoms with van der Waals surface area (Å²) < 4.78 is 4.93. The van der Waals surface area contributed by atoms with E-state index in [0.29, 0.717) is 12.0 Å². The fourth-order valence-corrected chi connectivity index (χ4v) is 3.64. The number of nitrogens with zero attached hydrogens (tertiary/aromatic N) is 4. The minimum Gasteiger partial charge on any atom is -0.364 e. The van der Waals surface area contributed by atoms with Gasteiger partial charge in [0, 0.05) is 57.3 Å². The molecular weight excluding hydrogens is 453 g/mol. The Bertz CT molecular complexity index is 713. The number of halogens is 1. The Hall–Kier alpha value is -1.61. The lowest BCUT2D eigenvalue weighted by molar-refractivity contribution is 0.169. The lowest BCUT2D eigenvalue weighted by atomic mass is 10.1. The molecule has 2 heterocycles. The second-order valence-corrected chi connectivity index (χ2v) is 7.06. The molecule has 7 heteroatoms. The number of rotatable bonds is 5. The molecule has 27 heavy (non-hydrogen) atoms. The molecule has 1 saturated heterocycles. The van der Waals surface area contributed by atoms with Crippen LogP contribution in [0.5, 0.6) is 0 Å². The van der Waals surface area contributed by atoms with Gasteiger partial charge in [0.05, 0.1) is 5.69 Å². The van der Waals surface area contributed by atoms with Crippen LogP contribution in [0.3, 0.4) is 0 Å². The van der Waals surface area contributed by atoms with E-state index < -0.39 is 0 Å². The van der Waals surface area contributed by atoms with Crippen molar-refractivity contribution < 1.29 is 4.52 Å². The highest BCUT2D eigenvalue weighted by molar-refractivity contribution is 14.0. The Morgan fingerprint density at radius 2 is 1.96 bits per heavy atom. The maximum atomic E-state index is 4.93. The second kappa shape index (κ2) is 9.54. The molecule has 2 fully saturated rings. The predicted molar refractivity (Wildman–Crippen MR) is 117 cm³/mol. The molecule has 0 spiro atoms. The summed E-state index contributed by atoms with van der Waals surface area (Å²) in [7, 11) is 0. The Kier molecular flexibility index (Phi) is 7.12. The van der Waals surface area contributed by atoms with Gasteiger partial charge in [0.15, 0.2) is 5.96 Å². The van der Waals surface area contributed by atoms with Crippen molar-refractivity contribution in [3.05, 3.63) is 53.9 Å². The number of guanidine groups is 1. The Labute approximate surface area is 178 Å². The topological polar surface area (TPSA) is 56.9 Å². The van der Waals surface area contributed by atoms with Crippen LogP contribution in [0.1, 0.15) is 30.5 Å². The molecule has 0 amide bonds. The third kappa shape index (κ3) is 5.22. The molecule has 2 atom stereocenters. The van der Waals surface area contributed by atoms with Crippen LogP contribution in [0.4, 0.5) is 0 Å². The summed E-state index contributed by atoms with van der Waals surface area (Å²) in [4.78, 5) is 9.55. The van der Waals surface area contributed by atoms with Crippen LogP contribution in [-0.4, -0.2) is 59.7 Å². The standard InChI is InChI=1S/C20H27N5O.HI/c1-2-21-20(22-19-14-18(19)16-6-4-3-5-7-16)25-11-9-24(10-12-25)15-17-8-13-26-23-17;/h3-8,13,18-19H,2,9-12,14-15H2,1H3,(H,21,22);1H. The minimum absolute atomic E-state index is 0. The smallest absolute Gasteiger partial charge is 0.194 e. The fourth-order valence-electron chi connectivity index (χ4n) is 3.64. The van der Waals surface area contributed by atoms with E-state index in [9.17, 15) is 0 Å². The quantitative estimate of drug-likeness (QED) is 0.405. The summed E-state index contributed by atoms with van der Waals surface area (Å²) in [6, 6.07) is 13.2. The molecule has 2 aromatic rings. The van der Waals surface area contributed by atoms with Crippen molar-refractivity contribution in [3.63, 3.8) is 0 Å². The van der Waals surface area contributed by atoms with Crippen LogP contribution in [-0.2, 0) is 6.54 Å². The molecular formula is C20H28IN5O. The monoisotopic (exact) mass is 481 g/mol. The van der Waals surface area contributed by atoms with Crippen LogP contribution in [0.2, 0.25) is 0 Å². The van der Waals surface area contributed by atoms with Crippen molar-refractivity contribution >= 4 is 29.9 Å². The van der Waals surface area contributed by atoms with E-state index in [1.807, 2.05) is 6.07 Å². The lowest BCUT2D eigenvalue weighted by Gasteiger charge is -2.36. The van der Waals surface area contributed by atoms with Gasteiger partial charge in [-0.3, -0.25) is 9.89 Å². The van der Waals surface area contributed by atoms with Crippen LogP contribution in [0, 0.1) is 0 Å². The number of piperazine rings is 1. The molecule has 1 aromatic heterocycles. The summed E-state index contributed by atoms with van der Waals surface area (Å²) in [6.07, 6.45) is 2.83. The van der Waals surface area contributed by atoms with Gasteiger partial charge >= 0.3 is 0 Å². The maximum Gasteiger partial charge on any atom is 0.194 e. The van der Waals surface area contributed by atoms with Crippen molar-refractivity contribution in [1.82, 2.24) is 20.3 Å². The van der Waals surface area contributed by atoms with Gasteiger partial charge in [-0.15, -0.1) is 24.0 Å². The normalized spacial score (nSPS) is 23.0. The van der Waals surface area contributed by atoms with Gasteiger partial charge < -0.3 is 14.7 Å². The van der Waals surface area contributed by atoms with Crippen molar-refractivity contribution in [2.24, 2.45) is 4.99 Å². The number of aromatic nitrogens is 1. The van der Waals surface area contributed by atoms with Gasteiger partial charge in [-0.05, 0) is 18.9 Å². The Balaban J connectivity index is 0.00000210. The molecule has 0 bridgehead atoms. The van der Waals surface area contributed by atoms with Crippen molar-refractivity contribution in [2.75, 3.05) is 32.7 Å². The van der Waals surface area contributed by atoms with Crippen molar-refractivity contribution in [3.8, 4) is 0 Å². The zero-order valence-corrected chi connectivity index (χ0v) is 18.1. The Morgan fingerprint density at radius 3 is 2.63 bits per heavy atom. The molecule has 1 saturated carbocycles. The molecule has 4 rings (SSSR count). The minimum atomic E-state index is 0. The first kappa shape index (κ1) is 20.1. The molecule has 6 nitrogen and oxygen atoms in total. The average molecular weight is 481 g/mol. The first-order chi connectivity index (χ1) is 12.8. The van der Waals surface area contributed by atoms with Gasteiger partial charge in [-0.2, -0.15) is 0 Å². The largest absolute Gasteiger partial charge is 0.364 e. The first-order valence-electron chi connectivity index (χ1n) is 9.56. The number of hydrogen-bond donors (Lipinski definition) is 1. The highest BCUT2D eigenvalue weighted by Crippen LogP contribution is 2.40. The van der Waals surface area contributed by atoms with Crippen LogP contribution >= 0.6 is 24.0 Å². The van der Waals surface area contributed by atoms with E-state index in [1.165, 1.54) is 12.0 Å². The van der Waals surface area contributed by atoms with Crippen molar-refractivity contribution in [1.29, 1.82) is 0 Å². The number of nitrogens with one attached hydrogen (secondary N) is 1. The van der Waals surface area contributed by atoms with E-state index in [-0.39, 0.29) is 24.0 Å². The van der Waals surface area contributed by atoms with Gasteiger partial charge in [0.1, 0.15) is 6.26 Å². The molecule has 1 aliphatic heterocycles.